The topological polar surface area (TPSA) is 67.8 Å². The van der Waals surface area contributed by atoms with E-state index in [4.69, 9.17) is 10.6 Å². The first-order chi connectivity index (χ1) is 8.79. The Kier molecular flexibility index (Phi) is 2.37. The molecule has 0 radical (unpaired) electrons. The Morgan fingerprint density at radius 3 is 2.72 bits per heavy atom. The van der Waals surface area contributed by atoms with Gasteiger partial charge in [-0.2, -0.15) is 5.10 Å². The molecule has 5 nitrogen and oxygen atoms in total. The molecule has 2 aromatic heterocycles. The Bertz CT molecular complexity index is 691. The first-order valence-corrected chi connectivity index (χ1v) is 5.59. The van der Waals surface area contributed by atoms with Crippen molar-refractivity contribution in [2.75, 3.05) is 12.8 Å². The summed E-state index contributed by atoms with van der Waals surface area (Å²) in [7, 11) is 1.60. The van der Waals surface area contributed by atoms with Crippen LogP contribution in [0.25, 0.3) is 22.2 Å². The van der Waals surface area contributed by atoms with Crippen molar-refractivity contribution in [1.82, 2.24) is 10.2 Å². The minimum atomic E-state index is 0.423. The first-order valence-electron chi connectivity index (χ1n) is 5.59. The number of pyridine rings is 1. The van der Waals surface area contributed by atoms with Crippen molar-refractivity contribution < 1.29 is 9.57 Å². The third-order valence-corrected chi connectivity index (χ3v) is 2.87. The largest absolute Gasteiger partial charge is 0.377 e. The van der Waals surface area contributed by atoms with Gasteiger partial charge in [0.2, 0.25) is 12.0 Å². The molecular weight excluding hydrogens is 228 g/mol. The molecule has 0 aliphatic rings. The van der Waals surface area contributed by atoms with Crippen LogP contribution in [0.15, 0.2) is 42.6 Å². The quantitative estimate of drug-likeness (QED) is 0.661. The summed E-state index contributed by atoms with van der Waals surface area (Å²) < 4.78 is 1.62. The standard InChI is InChI=1S/C13H12N4O/c1-18-17-8-10(9-5-3-2-4-6-9)7-11-12(17)13(14)16-15-11/h2-8H,14H2,1H3/p+1. The smallest absolute Gasteiger partial charge is 0.325 e. The SMILES string of the molecule is CO[n+]1cc(-c2ccccc2)cc2[nH]nc(N)c21. The molecule has 3 rings (SSSR count). The average molecular weight is 241 g/mol. The van der Waals surface area contributed by atoms with Gasteiger partial charge in [-0.1, -0.05) is 30.3 Å². The second-order valence-corrected chi connectivity index (χ2v) is 3.97. The van der Waals surface area contributed by atoms with Crippen LogP contribution in [0, 0.1) is 0 Å². The number of nitrogens with zero attached hydrogens (tertiary/aromatic N) is 2. The van der Waals surface area contributed by atoms with Gasteiger partial charge in [0, 0.05) is 4.73 Å². The summed E-state index contributed by atoms with van der Waals surface area (Å²) in [4.78, 5) is 5.31. The van der Waals surface area contributed by atoms with E-state index >= 15 is 0 Å². The van der Waals surface area contributed by atoms with Crippen LogP contribution in [0.5, 0.6) is 0 Å². The zero-order valence-corrected chi connectivity index (χ0v) is 9.92. The van der Waals surface area contributed by atoms with E-state index in [9.17, 15) is 0 Å². The fourth-order valence-corrected chi connectivity index (χ4v) is 2.01. The summed E-state index contributed by atoms with van der Waals surface area (Å²) in [5.74, 6) is 0.423. The summed E-state index contributed by atoms with van der Waals surface area (Å²) >= 11 is 0. The predicted molar refractivity (Wildman–Crippen MR) is 68.6 cm³/mol. The van der Waals surface area contributed by atoms with Crippen molar-refractivity contribution in [3.63, 3.8) is 0 Å². The zero-order chi connectivity index (χ0) is 12.5. The maximum absolute atomic E-state index is 5.80. The lowest BCUT2D eigenvalue weighted by Crippen LogP contribution is -2.41. The maximum Gasteiger partial charge on any atom is 0.325 e. The zero-order valence-electron chi connectivity index (χ0n) is 9.92. The van der Waals surface area contributed by atoms with Crippen LogP contribution in [0.2, 0.25) is 0 Å². The van der Waals surface area contributed by atoms with Crippen molar-refractivity contribution in [2.24, 2.45) is 0 Å². The summed E-state index contributed by atoms with van der Waals surface area (Å²) in [5, 5.41) is 6.89. The van der Waals surface area contributed by atoms with Crippen LogP contribution in [0.3, 0.4) is 0 Å². The molecule has 0 saturated carbocycles. The van der Waals surface area contributed by atoms with Crippen LogP contribution in [0.4, 0.5) is 5.82 Å². The molecule has 0 fully saturated rings. The van der Waals surface area contributed by atoms with Gasteiger partial charge in [-0.3, -0.25) is 9.94 Å². The highest BCUT2D eigenvalue weighted by Crippen LogP contribution is 2.22. The van der Waals surface area contributed by atoms with Gasteiger partial charge in [0.05, 0.1) is 5.56 Å². The molecule has 0 aliphatic heterocycles. The molecule has 5 heteroatoms. The van der Waals surface area contributed by atoms with Crippen LogP contribution < -0.4 is 15.3 Å². The van der Waals surface area contributed by atoms with E-state index in [2.05, 4.69) is 10.2 Å². The van der Waals surface area contributed by atoms with E-state index in [0.717, 1.165) is 22.2 Å². The molecule has 0 unspecified atom stereocenters. The second-order valence-electron chi connectivity index (χ2n) is 3.97. The van der Waals surface area contributed by atoms with Crippen molar-refractivity contribution >= 4 is 16.9 Å². The number of aromatic nitrogens is 3. The minimum Gasteiger partial charge on any atom is -0.377 e. The highest BCUT2D eigenvalue weighted by atomic mass is 16.6. The van der Waals surface area contributed by atoms with E-state index in [1.54, 1.807) is 11.8 Å². The molecule has 1 aromatic carbocycles. The lowest BCUT2D eigenvalue weighted by Gasteiger charge is -2.00. The third kappa shape index (κ3) is 1.57. The van der Waals surface area contributed by atoms with Crippen molar-refractivity contribution in [3.8, 4) is 11.1 Å². The molecule has 18 heavy (non-hydrogen) atoms. The Hall–Kier alpha value is -2.56. The molecular formula is C13H13N4O+. The molecule has 0 aliphatic carbocycles. The summed E-state index contributed by atoms with van der Waals surface area (Å²) in [6, 6.07) is 12.1. The van der Waals surface area contributed by atoms with Crippen molar-refractivity contribution in [2.45, 2.75) is 0 Å². The molecule has 3 aromatic rings. The Morgan fingerprint density at radius 1 is 1.22 bits per heavy atom. The lowest BCUT2D eigenvalue weighted by molar-refractivity contribution is -0.864. The van der Waals surface area contributed by atoms with Crippen LogP contribution >= 0.6 is 0 Å². The van der Waals surface area contributed by atoms with E-state index in [1.165, 1.54) is 0 Å². The number of H-pyrrole nitrogens is 1. The van der Waals surface area contributed by atoms with Gasteiger partial charge >= 0.3 is 5.52 Å². The molecule has 0 saturated heterocycles. The number of nitrogens with one attached hydrogen (secondary N) is 1. The van der Waals surface area contributed by atoms with E-state index in [1.807, 2.05) is 42.6 Å². The molecule has 0 amide bonds. The fourth-order valence-electron chi connectivity index (χ4n) is 2.01. The number of anilines is 1. The predicted octanol–water partition coefficient (Wildman–Crippen LogP) is 1.16. The molecule has 90 valence electrons. The van der Waals surface area contributed by atoms with Gasteiger partial charge in [0.1, 0.15) is 12.6 Å². The summed E-state index contributed by atoms with van der Waals surface area (Å²) in [6.07, 6.45) is 1.89. The average Bonchev–Trinajstić information content (AvgIpc) is 2.81. The van der Waals surface area contributed by atoms with E-state index in [0.29, 0.717) is 5.82 Å². The number of benzene rings is 1. The lowest BCUT2D eigenvalue weighted by atomic mass is 10.1. The molecule has 3 N–H and O–H groups in total. The van der Waals surface area contributed by atoms with Gasteiger partial charge in [-0.25, -0.2) is 0 Å². The van der Waals surface area contributed by atoms with Crippen molar-refractivity contribution in [3.05, 3.63) is 42.6 Å². The minimum absolute atomic E-state index is 0.423. The number of hydrogen-bond acceptors (Lipinski definition) is 3. The normalized spacial score (nSPS) is 10.7. The summed E-state index contributed by atoms with van der Waals surface area (Å²) in [5.41, 5.74) is 9.53. The number of aromatic amines is 1. The highest BCUT2D eigenvalue weighted by molar-refractivity contribution is 5.84. The third-order valence-electron chi connectivity index (χ3n) is 2.87. The van der Waals surface area contributed by atoms with Gasteiger partial charge < -0.3 is 5.73 Å². The number of hydrogen-bond donors (Lipinski definition) is 2. The monoisotopic (exact) mass is 241 g/mol. The second kappa shape index (κ2) is 4.03. The molecule has 2 heterocycles. The van der Waals surface area contributed by atoms with Gasteiger partial charge in [-0.05, 0) is 11.6 Å². The van der Waals surface area contributed by atoms with E-state index < -0.39 is 0 Å². The fraction of sp³-hybridized carbons (Fsp3) is 0.0769. The van der Waals surface area contributed by atoms with Crippen LogP contribution in [-0.2, 0) is 0 Å². The first kappa shape index (κ1) is 10.6. The van der Waals surface area contributed by atoms with Gasteiger partial charge in [-0.15, -0.1) is 0 Å². The highest BCUT2D eigenvalue weighted by Gasteiger charge is 2.19. The Morgan fingerprint density at radius 2 is 2.00 bits per heavy atom. The molecule has 0 bridgehead atoms. The molecule has 0 spiro atoms. The number of nitrogens with two attached hydrogens (primary N) is 1. The summed E-state index contributed by atoms with van der Waals surface area (Å²) in [6.45, 7) is 0. The van der Waals surface area contributed by atoms with Crippen LogP contribution in [0.1, 0.15) is 0 Å². The van der Waals surface area contributed by atoms with Crippen molar-refractivity contribution in [1.29, 1.82) is 0 Å². The molecule has 0 atom stereocenters. The maximum atomic E-state index is 5.80. The number of fused-ring (bicyclic) bond motifs is 1. The Labute approximate surface area is 104 Å². The van der Waals surface area contributed by atoms with Crippen LogP contribution in [-0.4, -0.2) is 17.3 Å². The number of nitrogen functional groups attached to an aromatic ring is 1. The van der Waals surface area contributed by atoms with Gasteiger partial charge in [0.15, 0.2) is 0 Å². The Balaban J connectivity index is 2.27. The van der Waals surface area contributed by atoms with E-state index in [-0.39, 0.29) is 0 Å². The van der Waals surface area contributed by atoms with Gasteiger partial charge in [0.25, 0.3) is 0 Å². The number of rotatable bonds is 2.